The highest BCUT2D eigenvalue weighted by molar-refractivity contribution is 5.65. The van der Waals surface area contributed by atoms with E-state index in [9.17, 15) is 4.79 Å². The molecule has 1 saturated carbocycles. The quantitative estimate of drug-likeness (QED) is 0.638. The van der Waals surface area contributed by atoms with Gasteiger partial charge in [-0.1, -0.05) is 33.6 Å². The van der Waals surface area contributed by atoms with Gasteiger partial charge in [0, 0.05) is 6.92 Å². The Balaban J connectivity index is 2.49. The largest absolute Gasteiger partial charge is 0.466 e. The molecular formula is C12H22O2. The van der Waals surface area contributed by atoms with E-state index in [1.165, 1.54) is 19.8 Å². The van der Waals surface area contributed by atoms with Gasteiger partial charge < -0.3 is 4.74 Å². The van der Waals surface area contributed by atoms with Crippen molar-refractivity contribution in [3.05, 3.63) is 0 Å². The van der Waals surface area contributed by atoms with Crippen LogP contribution in [-0.4, -0.2) is 12.6 Å². The van der Waals surface area contributed by atoms with E-state index in [4.69, 9.17) is 4.74 Å². The molecule has 1 aliphatic rings. The number of hydrogen-bond donors (Lipinski definition) is 0. The van der Waals surface area contributed by atoms with Gasteiger partial charge in [0.25, 0.3) is 0 Å². The van der Waals surface area contributed by atoms with Gasteiger partial charge in [-0.2, -0.15) is 0 Å². The molecule has 1 rings (SSSR count). The lowest BCUT2D eigenvalue weighted by Crippen LogP contribution is -2.34. The third kappa shape index (κ3) is 2.73. The highest BCUT2D eigenvalue weighted by Crippen LogP contribution is 2.38. The molecule has 0 aliphatic heterocycles. The maximum atomic E-state index is 10.8. The number of ether oxygens (including phenoxy) is 1. The van der Waals surface area contributed by atoms with Crippen molar-refractivity contribution in [1.29, 1.82) is 0 Å². The van der Waals surface area contributed by atoms with E-state index >= 15 is 0 Å². The average Bonchev–Trinajstić information content (AvgIpc) is 2.11. The maximum absolute atomic E-state index is 10.8. The van der Waals surface area contributed by atoms with Crippen molar-refractivity contribution >= 4 is 5.97 Å². The first-order chi connectivity index (χ1) is 6.52. The molecule has 2 heteroatoms. The monoisotopic (exact) mass is 198 g/mol. The van der Waals surface area contributed by atoms with Crippen LogP contribution >= 0.6 is 0 Å². The van der Waals surface area contributed by atoms with Gasteiger partial charge in [0.1, 0.15) is 0 Å². The molecule has 1 fully saturated rings. The minimum atomic E-state index is -0.150. The van der Waals surface area contributed by atoms with Gasteiger partial charge in [-0.25, -0.2) is 0 Å². The van der Waals surface area contributed by atoms with Gasteiger partial charge in [0.05, 0.1) is 6.61 Å². The molecule has 82 valence electrons. The lowest BCUT2D eigenvalue weighted by Gasteiger charge is -2.38. The smallest absolute Gasteiger partial charge is 0.302 e. The average molecular weight is 198 g/mol. The van der Waals surface area contributed by atoms with Gasteiger partial charge in [-0.05, 0) is 23.7 Å². The summed E-state index contributed by atoms with van der Waals surface area (Å²) in [7, 11) is 0. The third-order valence-corrected chi connectivity index (χ3v) is 3.86. The molecule has 0 aromatic heterocycles. The van der Waals surface area contributed by atoms with Gasteiger partial charge in [-0.15, -0.1) is 0 Å². The Morgan fingerprint density at radius 1 is 1.21 bits per heavy atom. The summed E-state index contributed by atoms with van der Waals surface area (Å²) < 4.78 is 5.13. The molecule has 14 heavy (non-hydrogen) atoms. The van der Waals surface area contributed by atoms with Crippen LogP contribution in [0.15, 0.2) is 0 Å². The minimum absolute atomic E-state index is 0.150. The summed E-state index contributed by atoms with van der Waals surface area (Å²) >= 11 is 0. The number of carbonyl (C=O) groups is 1. The topological polar surface area (TPSA) is 26.3 Å². The first-order valence-electron chi connectivity index (χ1n) is 5.65. The molecule has 0 heterocycles. The summed E-state index contributed by atoms with van der Waals surface area (Å²) in [6, 6.07) is 0. The number of hydrogen-bond acceptors (Lipinski definition) is 2. The zero-order valence-electron chi connectivity index (χ0n) is 9.75. The van der Waals surface area contributed by atoms with E-state index in [2.05, 4.69) is 20.8 Å². The van der Waals surface area contributed by atoms with Gasteiger partial charge in [0.15, 0.2) is 0 Å². The van der Waals surface area contributed by atoms with Crippen molar-refractivity contribution in [2.24, 2.45) is 23.7 Å². The second-order valence-electron chi connectivity index (χ2n) is 4.86. The highest BCUT2D eigenvalue weighted by Gasteiger charge is 2.32. The summed E-state index contributed by atoms with van der Waals surface area (Å²) in [6.07, 6.45) is 2.59. The van der Waals surface area contributed by atoms with Crippen molar-refractivity contribution in [2.75, 3.05) is 6.61 Å². The van der Waals surface area contributed by atoms with Crippen LogP contribution in [0.25, 0.3) is 0 Å². The summed E-state index contributed by atoms with van der Waals surface area (Å²) in [5, 5.41) is 0. The molecule has 4 unspecified atom stereocenters. The Kier molecular flexibility index (Phi) is 3.97. The molecule has 0 spiro atoms. The van der Waals surface area contributed by atoms with Crippen LogP contribution in [0.2, 0.25) is 0 Å². The van der Waals surface area contributed by atoms with Crippen LogP contribution in [0.3, 0.4) is 0 Å². The molecule has 0 N–H and O–H groups in total. The minimum Gasteiger partial charge on any atom is -0.466 e. The van der Waals surface area contributed by atoms with Crippen molar-refractivity contribution < 1.29 is 9.53 Å². The normalized spacial score (nSPS) is 38.0. The van der Waals surface area contributed by atoms with Crippen LogP contribution in [-0.2, 0) is 9.53 Å². The summed E-state index contributed by atoms with van der Waals surface area (Å²) in [5.74, 6) is 2.55. The lowest BCUT2D eigenvalue weighted by atomic mass is 9.69. The first kappa shape index (κ1) is 11.5. The van der Waals surface area contributed by atoms with Crippen molar-refractivity contribution in [3.63, 3.8) is 0 Å². The second-order valence-corrected chi connectivity index (χ2v) is 4.86. The van der Waals surface area contributed by atoms with E-state index in [0.29, 0.717) is 24.4 Å². The molecule has 4 atom stereocenters. The van der Waals surface area contributed by atoms with E-state index in [1.54, 1.807) is 0 Å². The summed E-state index contributed by atoms with van der Waals surface area (Å²) in [5.41, 5.74) is 0. The molecule has 0 bridgehead atoms. The third-order valence-electron chi connectivity index (χ3n) is 3.86. The fourth-order valence-electron chi connectivity index (χ4n) is 2.47. The Morgan fingerprint density at radius 3 is 2.36 bits per heavy atom. The van der Waals surface area contributed by atoms with Gasteiger partial charge >= 0.3 is 5.97 Å². The molecule has 0 amide bonds. The Hall–Kier alpha value is -0.530. The molecule has 0 aromatic carbocycles. The molecule has 0 saturated heterocycles. The summed E-state index contributed by atoms with van der Waals surface area (Å²) in [4.78, 5) is 10.8. The predicted molar refractivity (Wildman–Crippen MR) is 56.8 cm³/mol. The highest BCUT2D eigenvalue weighted by atomic mass is 16.5. The number of esters is 1. The van der Waals surface area contributed by atoms with E-state index in [1.807, 2.05) is 0 Å². The Bertz CT molecular complexity index is 200. The van der Waals surface area contributed by atoms with Crippen LogP contribution < -0.4 is 0 Å². The number of rotatable bonds is 2. The van der Waals surface area contributed by atoms with Crippen molar-refractivity contribution in [3.8, 4) is 0 Å². The Labute approximate surface area is 87.0 Å². The number of carbonyl (C=O) groups excluding carboxylic acids is 1. The van der Waals surface area contributed by atoms with E-state index in [0.717, 1.165) is 5.92 Å². The lowest BCUT2D eigenvalue weighted by molar-refractivity contribution is -0.144. The first-order valence-corrected chi connectivity index (χ1v) is 5.65. The fourth-order valence-corrected chi connectivity index (χ4v) is 2.47. The van der Waals surface area contributed by atoms with Crippen molar-refractivity contribution in [2.45, 2.75) is 40.5 Å². The molecule has 2 nitrogen and oxygen atoms in total. The Morgan fingerprint density at radius 2 is 1.79 bits per heavy atom. The SMILES string of the molecule is CC(=O)OCC1C(C)CCC(C)C1C. The zero-order valence-corrected chi connectivity index (χ0v) is 9.75. The standard InChI is InChI=1S/C12H22O2/c1-8-5-6-9(2)12(10(8)3)7-14-11(4)13/h8-10,12H,5-7H2,1-4H3. The molecule has 0 radical (unpaired) electrons. The fraction of sp³-hybridized carbons (Fsp3) is 0.917. The van der Waals surface area contributed by atoms with Crippen LogP contribution in [0.5, 0.6) is 0 Å². The van der Waals surface area contributed by atoms with E-state index < -0.39 is 0 Å². The zero-order chi connectivity index (χ0) is 10.7. The molecular weight excluding hydrogens is 176 g/mol. The van der Waals surface area contributed by atoms with Crippen molar-refractivity contribution in [1.82, 2.24) is 0 Å². The van der Waals surface area contributed by atoms with Gasteiger partial charge in [-0.3, -0.25) is 4.79 Å². The van der Waals surface area contributed by atoms with E-state index in [-0.39, 0.29) is 5.97 Å². The van der Waals surface area contributed by atoms with Crippen LogP contribution in [0.1, 0.15) is 40.5 Å². The predicted octanol–water partition coefficient (Wildman–Crippen LogP) is 2.87. The molecule has 1 aliphatic carbocycles. The van der Waals surface area contributed by atoms with Crippen LogP contribution in [0.4, 0.5) is 0 Å². The summed E-state index contributed by atoms with van der Waals surface area (Å²) in [6.45, 7) is 8.96. The molecule has 0 aromatic rings. The maximum Gasteiger partial charge on any atom is 0.302 e. The second kappa shape index (κ2) is 4.81. The van der Waals surface area contributed by atoms with Crippen LogP contribution in [0, 0.1) is 23.7 Å². The van der Waals surface area contributed by atoms with Gasteiger partial charge in [0.2, 0.25) is 0 Å².